The molecule has 0 aliphatic rings. The Bertz CT molecular complexity index is 249. The lowest BCUT2D eigenvalue weighted by Gasteiger charge is -2.06. The molecule has 5 nitrogen and oxygen atoms in total. The molecule has 0 saturated carbocycles. The van der Waals surface area contributed by atoms with Gasteiger partial charge >= 0.3 is 6.01 Å². The maximum absolute atomic E-state index is 9.23. The molecule has 5 heteroatoms. The summed E-state index contributed by atoms with van der Waals surface area (Å²) in [6, 6.07) is 0.417. The normalized spacial score (nSPS) is 12.8. The van der Waals surface area contributed by atoms with E-state index in [1.165, 1.54) is 0 Å². The molecule has 1 rings (SSSR count). The van der Waals surface area contributed by atoms with Crippen molar-refractivity contribution in [3.8, 4) is 0 Å². The van der Waals surface area contributed by atoms with E-state index in [0.29, 0.717) is 24.8 Å². The zero-order chi connectivity index (χ0) is 9.68. The lowest BCUT2D eigenvalue weighted by Crippen LogP contribution is -2.12. The molecule has 0 amide bonds. The molecule has 13 heavy (non-hydrogen) atoms. The number of rotatable bonds is 5. The lowest BCUT2D eigenvalue weighted by atomic mass is 10.2. The number of nitrogens with one attached hydrogen (secondary N) is 1. The van der Waals surface area contributed by atoms with Crippen LogP contribution in [0.15, 0.2) is 4.52 Å². The van der Waals surface area contributed by atoms with Gasteiger partial charge in [-0.1, -0.05) is 12.1 Å². The topological polar surface area (TPSA) is 71.2 Å². The zero-order valence-electron chi connectivity index (χ0n) is 7.95. The van der Waals surface area contributed by atoms with Crippen LogP contribution < -0.4 is 5.32 Å². The molecule has 0 bridgehead atoms. The number of nitrogens with zero attached hydrogens (tertiary/aromatic N) is 2. The van der Waals surface area contributed by atoms with E-state index in [2.05, 4.69) is 15.5 Å². The van der Waals surface area contributed by atoms with E-state index in [4.69, 9.17) is 4.52 Å². The van der Waals surface area contributed by atoms with E-state index in [1.807, 2.05) is 6.92 Å². The van der Waals surface area contributed by atoms with Crippen molar-refractivity contribution in [2.24, 2.45) is 0 Å². The molecule has 0 radical (unpaired) electrons. The quantitative estimate of drug-likeness (QED) is 0.714. The third kappa shape index (κ3) is 3.42. The van der Waals surface area contributed by atoms with Crippen LogP contribution in [0.25, 0.3) is 0 Å². The zero-order valence-corrected chi connectivity index (χ0v) is 7.95. The summed E-state index contributed by atoms with van der Waals surface area (Å²) in [5.74, 6) is 0.610. The highest BCUT2D eigenvalue weighted by atomic mass is 16.5. The molecule has 0 aliphatic carbocycles. The third-order valence-electron chi connectivity index (χ3n) is 1.75. The van der Waals surface area contributed by atoms with E-state index in [9.17, 15) is 5.11 Å². The average molecular weight is 185 g/mol. The Morgan fingerprint density at radius 1 is 1.62 bits per heavy atom. The molecule has 0 fully saturated rings. The number of hydrogen-bond acceptors (Lipinski definition) is 5. The van der Waals surface area contributed by atoms with E-state index in [0.717, 1.165) is 6.42 Å². The van der Waals surface area contributed by atoms with E-state index < -0.39 is 0 Å². The van der Waals surface area contributed by atoms with Crippen molar-refractivity contribution >= 4 is 6.01 Å². The molecular formula is C8H15N3O2. The molecular weight excluding hydrogens is 170 g/mol. The summed E-state index contributed by atoms with van der Waals surface area (Å²) >= 11 is 0. The number of hydrogen-bond donors (Lipinski definition) is 2. The Balaban J connectivity index is 2.20. The third-order valence-corrected chi connectivity index (χ3v) is 1.75. The van der Waals surface area contributed by atoms with Crippen molar-refractivity contribution in [1.82, 2.24) is 10.1 Å². The first-order valence-corrected chi connectivity index (χ1v) is 4.44. The van der Waals surface area contributed by atoms with Gasteiger partial charge in [0.2, 0.25) is 0 Å². The van der Waals surface area contributed by atoms with Crippen LogP contribution in [-0.2, 0) is 0 Å². The summed E-state index contributed by atoms with van der Waals surface area (Å²) in [5, 5.41) is 15.8. The highest BCUT2D eigenvalue weighted by Gasteiger charge is 2.03. The second-order valence-electron chi connectivity index (χ2n) is 2.92. The van der Waals surface area contributed by atoms with Crippen LogP contribution in [0.1, 0.15) is 25.6 Å². The predicted octanol–water partition coefficient (Wildman–Crippen LogP) is 0.951. The minimum absolute atomic E-state index is 0.253. The molecule has 0 saturated heterocycles. The monoisotopic (exact) mass is 185 g/mol. The van der Waals surface area contributed by atoms with Crippen LogP contribution in [0.2, 0.25) is 0 Å². The SMILES string of the molecule is CCC(O)CCNc1nc(C)no1. The van der Waals surface area contributed by atoms with Crippen molar-refractivity contribution < 1.29 is 9.63 Å². The highest BCUT2D eigenvalue weighted by Crippen LogP contribution is 2.03. The second kappa shape index (κ2) is 4.81. The minimum atomic E-state index is -0.253. The van der Waals surface area contributed by atoms with Crippen molar-refractivity contribution in [2.75, 3.05) is 11.9 Å². The van der Waals surface area contributed by atoms with Gasteiger partial charge in [0, 0.05) is 6.54 Å². The van der Waals surface area contributed by atoms with Crippen LogP contribution in [-0.4, -0.2) is 27.9 Å². The van der Waals surface area contributed by atoms with E-state index >= 15 is 0 Å². The van der Waals surface area contributed by atoms with Crippen LogP contribution in [0.4, 0.5) is 6.01 Å². The first kappa shape index (κ1) is 9.98. The average Bonchev–Trinajstić information content (AvgIpc) is 2.51. The molecule has 0 spiro atoms. The largest absolute Gasteiger partial charge is 0.393 e. The molecule has 1 unspecified atom stereocenters. The van der Waals surface area contributed by atoms with Gasteiger partial charge in [0.15, 0.2) is 5.82 Å². The fraction of sp³-hybridized carbons (Fsp3) is 0.750. The maximum atomic E-state index is 9.23. The van der Waals surface area contributed by atoms with Crippen LogP contribution in [0.3, 0.4) is 0 Å². The first-order valence-electron chi connectivity index (χ1n) is 4.44. The number of aryl methyl sites for hydroxylation is 1. The van der Waals surface area contributed by atoms with Crippen molar-refractivity contribution in [1.29, 1.82) is 0 Å². The Morgan fingerprint density at radius 3 is 2.92 bits per heavy atom. The number of anilines is 1. The van der Waals surface area contributed by atoms with Crippen LogP contribution in [0.5, 0.6) is 0 Å². The Kier molecular flexibility index (Phi) is 3.70. The van der Waals surface area contributed by atoms with Crippen LogP contribution in [0, 0.1) is 6.92 Å². The molecule has 74 valence electrons. The van der Waals surface area contributed by atoms with Gasteiger partial charge in [-0.2, -0.15) is 4.98 Å². The summed E-state index contributed by atoms with van der Waals surface area (Å²) in [6.45, 7) is 4.35. The summed E-state index contributed by atoms with van der Waals surface area (Å²) in [7, 11) is 0. The fourth-order valence-corrected chi connectivity index (χ4v) is 0.919. The van der Waals surface area contributed by atoms with E-state index in [-0.39, 0.29) is 6.10 Å². The van der Waals surface area contributed by atoms with Gasteiger partial charge in [-0.15, -0.1) is 0 Å². The van der Waals surface area contributed by atoms with Crippen molar-refractivity contribution in [3.05, 3.63) is 5.82 Å². The van der Waals surface area contributed by atoms with Gasteiger partial charge in [-0.25, -0.2) is 0 Å². The smallest absolute Gasteiger partial charge is 0.321 e. The summed E-state index contributed by atoms with van der Waals surface area (Å²) < 4.78 is 4.83. The number of aliphatic hydroxyl groups excluding tert-OH is 1. The second-order valence-corrected chi connectivity index (χ2v) is 2.92. The van der Waals surface area contributed by atoms with E-state index in [1.54, 1.807) is 6.92 Å². The molecule has 1 heterocycles. The van der Waals surface area contributed by atoms with Crippen molar-refractivity contribution in [3.63, 3.8) is 0 Å². The Morgan fingerprint density at radius 2 is 2.38 bits per heavy atom. The molecule has 0 aromatic carbocycles. The van der Waals surface area contributed by atoms with Gasteiger partial charge in [-0.05, 0) is 19.8 Å². The standard InChI is InChI=1S/C8H15N3O2/c1-3-7(12)4-5-9-8-10-6(2)11-13-8/h7,12H,3-5H2,1-2H3,(H,9,10,11). The molecule has 1 atom stereocenters. The summed E-state index contributed by atoms with van der Waals surface area (Å²) in [4.78, 5) is 3.96. The predicted molar refractivity (Wildman–Crippen MR) is 48.4 cm³/mol. The Hall–Kier alpha value is -1.10. The highest BCUT2D eigenvalue weighted by molar-refractivity contribution is 5.17. The van der Waals surface area contributed by atoms with Crippen molar-refractivity contribution in [2.45, 2.75) is 32.8 Å². The molecule has 0 aliphatic heterocycles. The summed E-state index contributed by atoms with van der Waals surface area (Å²) in [5.41, 5.74) is 0. The van der Waals surface area contributed by atoms with Gasteiger partial charge in [0.1, 0.15) is 0 Å². The number of aromatic nitrogens is 2. The van der Waals surface area contributed by atoms with Crippen LogP contribution >= 0.6 is 0 Å². The maximum Gasteiger partial charge on any atom is 0.321 e. The minimum Gasteiger partial charge on any atom is -0.393 e. The van der Waals surface area contributed by atoms with Gasteiger partial charge in [0.05, 0.1) is 6.10 Å². The van der Waals surface area contributed by atoms with Gasteiger partial charge < -0.3 is 14.9 Å². The molecule has 2 N–H and O–H groups in total. The number of aliphatic hydroxyl groups is 1. The summed E-state index contributed by atoms with van der Waals surface area (Å²) in [6.07, 6.45) is 1.21. The molecule has 1 aromatic rings. The van der Waals surface area contributed by atoms with Gasteiger partial charge in [0.25, 0.3) is 0 Å². The van der Waals surface area contributed by atoms with Gasteiger partial charge in [-0.3, -0.25) is 0 Å². The fourth-order valence-electron chi connectivity index (χ4n) is 0.919. The molecule has 1 aromatic heterocycles. The Labute approximate surface area is 77.2 Å². The lowest BCUT2D eigenvalue weighted by molar-refractivity contribution is 0.164. The first-order chi connectivity index (χ1) is 6.22.